The molecule has 2 rings (SSSR count). The van der Waals surface area contributed by atoms with Gasteiger partial charge < -0.3 is 15.5 Å². The molecule has 2 aliphatic heterocycles. The lowest BCUT2D eigenvalue weighted by Crippen LogP contribution is -2.45. The normalized spacial score (nSPS) is 25.9. The standard InChI is InChI=1S/C11H22N4/c1-11(3-7-15(2)8-4-11)9-14-10-12-5-6-13-10/h3-9H2,1-2H3,(H2,12,13,14). The fraction of sp³-hybridized carbons (Fsp3) is 0.909. The van der Waals surface area contributed by atoms with Gasteiger partial charge in [0.1, 0.15) is 0 Å². The first kappa shape index (κ1) is 10.7. The number of nitrogens with one attached hydrogen (secondary N) is 2. The Morgan fingerprint density at radius 1 is 1.47 bits per heavy atom. The molecule has 2 heterocycles. The van der Waals surface area contributed by atoms with Crippen molar-refractivity contribution in [1.82, 2.24) is 15.5 Å². The summed E-state index contributed by atoms with van der Waals surface area (Å²) in [5.41, 5.74) is 0.444. The molecule has 2 N–H and O–H groups in total. The highest BCUT2D eigenvalue weighted by Crippen LogP contribution is 2.29. The van der Waals surface area contributed by atoms with Crippen LogP contribution in [0.4, 0.5) is 0 Å². The molecule has 1 fully saturated rings. The Hall–Kier alpha value is -0.770. The number of likely N-dealkylation sites (tertiary alicyclic amines) is 1. The lowest BCUT2D eigenvalue weighted by molar-refractivity contribution is 0.142. The van der Waals surface area contributed by atoms with E-state index in [1.54, 1.807) is 0 Å². The van der Waals surface area contributed by atoms with Crippen molar-refractivity contribution in [2.24, 2.45) is 10.4 Å². The van der Waals surface area contributed by atoms with E-state index in [2.05, 4.69) is 34.5 Å². The molecule has 0 unspecified atom stereocenters. The predicted molar refractivity (Wildman–Crippen MR) is 63.1 cm³/mol. The summed E-state index contributed by atoms with van der Waals surface area (Å²) in [7, 11) is 2.20. The van der Waals surface area contributed by atoms with Crippen LogP contribution < -0.4 is 10.6 Å². The highest BCUT2D eigenvalue weighted by atomic mass is 15.2. The van der Waals surface area contributed by atoms with Crippen molar-refractivity contribution in [2.45, 2.75) is 19.8 Å². The fourth-order valence-corrected chi connectivity index (χ4v) is 2.15. The largest absolute Gasteiger partial charge is 0.356 e. The second-order valence-corrected chi connectivity index (χ2v) is 5.12. The molecule has 0 spiro atoms. The average molecular weight is 210 g/mol. The molecule has 1 saturated heterocycles. The molecule has 15 heavy (non-hydrogen) atoms. The molecule has 2 aliphatic rings. The van der Waals surface area contributed by atoms with Crippen molar-refractivity contribution in [3.63, 3.8) is 0 Å². The summed E-state index contributed by atoms with van der Waals surface area (Å²) in [6, 6.07) is 0. The second-order valence-electron chi connectivity index (χ2n) is 5.12. The van der Waals surface area contributed by atoms with E-state index in [1.807, 2.05) is 0 Å². The predicted octanol–water partition coefficient (Wildman–Crippen LogP) is 0.267. The lowest BCUT2D eigenvalue weighted by atomic mass is 9.80. The minimum atomic E-state index is 0.444. The van der Waals surface area contributed by atoms with Crippen LogP contribution in [0.5, 0.6) is 0 Å². The summed E-state index contributed by atoms with van der Waals surface area (Å²) in [6.07, 6.45) is 2.56. The zero-order valence-electron chi connectivity index (χ0n) is 9.84. The van der Waals surface area contributed by atoms with E-state index in [-0.39, 0.29) is 0 Å². The first-order valence-electron chi connectivity index (χ1n) is 5.89. The minimum absolute atomic E-state index is 0.444. The third-order valence-corrected chi connectivity index (χ3v) is 3.55. The Kier molecular flexibility index (Phi) is 3.14. The number of hydrogen-bond acceptors (Lipinski definition) is 4. The summed E-state index contributed by atoms with van der Waals surface area (Å²) >= 11 is 0. The Balaban J connectivity index is 1.77. The molecule has 0 atom stereocenters. The van der Waals surface area contributed by atoms with Crippen LogP contribution in [-0.4, -0.2) is 50.6 Å². The van der Waals surface area contributed by atoms with Gasteiger partial charge in [0.15, 0.2) is 5.96 Å². The van der Waals surface area contributed by atoms with E-state index >= 15 is 0 Å². The summed E-state index contributed by atoms with van der Waals surface area (Å²) in [5, 5.41) is 6.68. The van der Waals surface area contributed by atoms with Gasteiger partial charge in [0.25, 0.3) is 0 Å². The van der Waals surface area contributed by atoms with Crippen molar-refractivity contribution in [2.75, 3.05) is 39.8 Å². The molecule has 86 valence electrons. The molecule has 0 aromatic carbocycles. The van der Waals surface area contributed by atoms with Crippen molar-refractivity contribution < 1.29 is 0 Å². The number of rotatable bonds is 2. The Morgan fingerprint density at radius 2 is 2.20 bits per heavy atom. The van der Waals surface area contributed by atoms with Crippen LogP contribution in [0.3, 0.4) is 0 Å². The first-order chi connectivity index (χ1) is 7.18. The van der Waals surface area contributed by atoms with Crippen LogP contribution in [0.2, 0.25) is 0 Å². The van der Waals surface area contributed by atoms with Gasteiger partial charge in [-0.15, -0.1) is 0 Å². The van der Waals surface area contributed by atoms with Gasteiger partial charge in [0.2, 0.25) is 0 Å². The average Bonchev–Trinajstić information content (AvgIpc) is 2.73. The van der Waals surface area contributed by atoms with E-state index in [9.17, 15) is 0 Å². The third-order valence-electron chi connectivity index (χ3n) is 3.55. The van der Waals surface area contributed by atoms with Crippen molar-refractivity contribution in [3.8, 4) is 0 Å². The van der Waals surface area contributed by atoms with Crippen molar-refractivity contribution in [1.29, 1.82) is 0 Å². The summed E-state index contributed by atoms with van der Waals surface area (Å²) in [4.78, 5) is 6.76. The van der Waals surface area contributed by atoms with Gasteiger partial charge in [-0.3, -0.25) is 4.99 Å². The summed E-state index contributed by atoms with van der Waals surface area (Å²) in [6.45, 7) is 7.77. The third kappa shape index (κ3) is 2.84. The molecule has 0 radical (unpaired) electrons. The molecule has 4 heteroatoms. The first-order valence-corrected chi connectivity index (χ1v) is 5.89. The quantitative estimate of drug-likeness (QED) is 0.687. The summed E-state index contributed by atoms with van der Waals surface area (Å²) < 4.78 is 0. The molecule has 0 aromatic heterocycles. The van der Waals surface area contributed by atoms with Crippen LogP contribution in [0.15, 0.2) is 4.99 Å². The fourth-order valence-electron chi connectivity index (χ4n) is 2.15. The van der Waals surface area contributed by atoms with E-state index in [0.29, 0.717) is 5.41 Å². The Morgan fingerprint density at radius 3 is 2.80 bits per heavy atom. The topological polar surface area (TPSA) is 39.7 Å². The summed E-state index contributed by atoms with van der Waals surface area (Å²) in [5.74, 6) is 0.996. The maximum absolute atomic E-state index is 4.35. The second kappa shape index (κ2) is 4.39. The van der Waals surface area contributed by atoms with Gasteiger partial charge in [-0.05, 0) is 38.4 Å². The molecular formula is C11H22N4. The smallest absolute Gasteiger partial charge is 0.191 e. The Labute approximate surface area is 92.1 Å². The highest BCUT2D eigenvalue weighted by Gasteiger charge is 2.28. The molecule has 0 aromatic rings. The molecule has 0 aliphatic carbocycles. The number of piperidine rings is 1. The van der Waals surface area contributed by atoms with Gasteiger partial charge >= 0.3 is 0 Å². The molecule has 0 amide bonds. The zero-order valence-corrected chi connectivity index (χ0v) is 9.84. The van der Waals surface area contributed by atoms with Crippen molar-refractivity contribution in [3.05, 3.63) is 0 Å². The van der Waals surface area contributed by atoms with Crippen LogP contribution >= 0.6 is 0 Å². The van der Waals surface area contributed by atoms with Crippen LogP contribution in [0.25, 0.3) is 0 Å². The maximum atomic E-state index is 4.35. The van der Waals surface area contributed by atoms with Crippen LogP contribution in [0, 0.1) is 5.41 Å². The minimum Gasteiger partial charge on any atom is -0.356 e. The number of guanidine groups is 1. The number of nitrogens with zero attached hydrogens (tertiary/aromatic N) is 2. The van der Waals surface area contributed by atoms with Gasteiger partial charge in [0.05, 0.1) is 6.54 Å². The van der Waals surface area contributed by atoms with Crippen LogP contribution in [0.1, 0.15) is 19.8 Å². The van der Waals surface area contributed by atoms with Gasteiger partial charge in [-0.2, -0.15) is 0 Å². The maximum Gasteiger partial charge on any atom is 0.191 e. The van der Waals surface area contributed by atoms with Gasteiger partial charge in [-0.25, -0.2) is 0 Å². The van der Waals surface area contributed by atoms with E-state index in [0.717, 1.165) is 25.6 Å². The highest BCUT2D eigenvalue weighted by molar-refractivity contribution is 5.81. The van der Waals surface area contributed by atoms with Gasteiger partial charge in [-0.1, -0.05) is 6.92 Å². The van der Waals surface area contributed by atoms with E-state index in [1.165, 1.54) is 25.9 Å². The lowest BCUT2D eigenvalue weighted by Gasteiger charge is -2.38. The van der Waals surface area contributed by atoms with Crippen LogP contribution in [-0.2, 0) is 0 Å². The van der Waals surface area contributed by atoms with E-state index < -0.39 is 0 Å². The zero-order chi connectivity index (χ0) is 10.7. The molecule has 0 bridgehead atoms. The SMILES string of the molecule is CN1CCC(C)(CNC2=NCCN2)CC1. The Bertz CT molecular complexity index is 241. The van der Waals surface area contributed by atoms with Crippen molar-refractivity contribution >= 4 is 5.96 Å². The van der Waals surface area contributed by atoms with E-state index in [4.69, 9.17) is 0 Å². The molecule has 4 nitrogen and oxygen atoms in total. The number of aliphatic imine (C=N–C) groups is 1. The molecular weight excluding hydrogens is 188 g/mol. The monoisotopic (exact) mass is 210 g/mol. The number of hydrogen-bond donors (Lipinski definition) is 2. The molecule has 0 saturated carbocycles. The van der Waals surface area contributed by atoms with Gasteiger partial charge in [0, 0.05) is 13.1 Å².